The van der Waals surface area contributed by atoms with Crippen LogP contribution >= 0.6 is 0 Å². The van der Waals surface area contributed by atoms with E-state index in [2.05, 4.69) is 10.5 Å². The van der Waals surface area contributed by atoms with Gasteiger partial charge in [0.2, 0.25) is 0 Å². The average Bonchev–Trinajstić information content (AvgIpc) is 2.31. The van der Waals surface area contributed by atoms with Crippen molar-refractivity contribution in [2.75, 3.05) is 5.32 Å². The Bertz CT molecular complexity index is 454. The predicted octanol–water partition coefficient (Wildman–Crippen LogP) is 3.83. The predicted molar refractivity (Wildman–Crippen MR) is 61.6 cm³/mol. The molecule has 0 aliphatic heterocycles. The van der Waals surface area contributed by atoms with Crippen LogP contribution in [0.15, 0.2) is 59.8 Å². The molecule has 3 nitrogen and oxygen atoms in total. The number of rotatable bonds is 3. The maximum Gasteiger partial charge on any atom is 0.110 e. The minimum absolute atomic E-state index is 0.427. The molecule has 0 heterocycles. The maximum absolute atomic E-state index is 10.3. The maximum atomic E-state index is 10.3. The summed E-state index contributed by atoms with van der Waals surface area (Å²) in [4.78, 5) is 10.3. The zero-order valence-electron chi connectivity index (χ0n) is 8.05. The molecule has 0 saturated heterocycles. The molecule has 0 aromatic heterocycles. The van der Waals surface area contributed by atoms with Crippen LogP contribution in [-0.4, -0.2) is 0 Å². The number of nitroso groups, excluding NO2 is 1. The molecular formula is C12H10N2O. The van der Waals surface area contributed by atoms with E-state index in [1.807, 2.05) is 36.4 Å². The Labute approximate surface area is 87.7 Å². The van der Waals surface area contributed by atoms with E-state index in [9.17, 15) is 4.91 Å². The van der Waals surface area contributed by atoms with Gasteiger partial charge in [0.15, 0.2) is 0 Å². The topological polar surface area (TPSA) is 41.5 Å². The third-order valence-corrected chi connectivity index (χ3v) is 2.01. The Morgan fingerprint density at radius 3 is 2.33 bits per heavy atom. The van der Waals surface area contributed by atoms with Gasteiger partial charge in [-0.05, 0) is 35.5 Å². The van der Waals surface area contributed by atoms with Crippen molar-refractivity contribution in [1.82, 2.24) is 0 Å². The Morgan fingerprint density at radius 2 is 1.60 bits per heavy atom. The van der Waals surface area contributed by atoms with Gasteiger partial charge in [-0.3, -0.25) is 0 Å². The molecular weight excluding hydrogens is 188 g/mol. The van der Waals surface area contributed by atoms with Crippen molar-refractivity contribution >= 4 is 17.1 Å². The highest BCUT2D eigenvalue weighted by Gasteiger charge is 1.95. The van der Waals surface area contributed by atoms with Crippen LogP contribution in [0.25, 0.3) is 0 Å². The van der Waals surface area contributed by atoms with Gasteiger partial charge < -0.3 is 5.32 Å². The van der Waals surface area contributed by atoms with Crippen molar-refractivity contribution in [1.29, 1.82) is 0 Å². The minimum Gasteiger partial charge on any atom is -0.355 e. The molecule has 0 bridgehead atoms. The van der Waals surface area contributed by atoms with E-state index in [0.29, 0.717) is 5.69 Å². The number of anilines is 2. The molecule has 2 aromatic carbocycles. The van der Waals surface area contributed by atoms with E-state index < -0.39 is 0 Å². The molecule has 3 heteroatoms. The van der Waals surface area contributed by atoms with Crippen molar-refractivity contribution in [2.24, 2.45) is 5.18 Å². The van der Waals surface area contributed by atoms with E-state index in [-0.39, 0.29) is 0 Å². The van der Waals surface area contributed by atoms with Crippen molar-refractivity contribution < 1.29 is 0 Å². The first-order valence-corrected chi connectivity index (χ1v) is 4.64. The second kappa shape index (κ2) is 4.37. The number of nitrogens with one attached hydrogen (secondary N) is 1. The van der Waals surface area contributed by atoms with Gasteiger partial charge in [0.05, 0.1) is 0 Å². The quantitative estimate of drug-likeness (QED) is 0.761. The summed E-state index contributed by atoms with van der Waals surface area (Å²) in [5.41, 5.74) is 2.27. The van der Waals surface area contributed by atoms with Crippen molar-refractivity contribution in [3.8, 4) is 0 Å². The van der Waals surface area contributed by atoms with Gasteiger partial charge >= 0.3 is 0 Å². The largest absolute Gasteiger partial charge is 0.355 e. The third kappa shape index (κ3) is 2.40. The van der Waals surface area contributed by atoms with Gasteiger partial charge in [-0.1, -0.05) is 24.3 Å². The Morgan fingerprint density at radius 1 is 0.867 bits per heavy atom. The van der Waals surface area contributed by atoms with Gasteiger partial charge in [0.25, 0.3) is 0 Å². The number of hydrogen-bond acceptors (Lipinski definition) is 3. The fourth-order valence-electron chi connectivity index (χ4n) is 1.33. The van der Waals surface area contributed by atoms with E-state index in [1.165, 1.54) is 0 Å². The summed E-state index contributed by atoms with van der Waals surface area (Å²) < 4.78 is 0. The molecule has 0 spiro atoms. The third-order valence-electron chi connectivity index (χ3n) is 2.01. The van der Waals surface area contributed by atoms with Crippen molar-refractivity contribution in [2.45, 2.75) is 0 Å². The van der Waals surface area contributed by atoms with E-state index in [4.69, 9.17) is 0 Å². The van der Waals surface area contributed by atoms with Crippen LogP contribution in [0.2, 0.25) is 0 Å². The van der Waals surface area contributed by atoms with Crippen LogP contribution in [0, 0.1) is 4.91 Å². The summed E-state index contributed by atoms with van der Waals surface area (Å²) in [6.45, 7) is 0. The van der Waals surface area contributed by atoms with E-state index in [0.717, 1.165) is 11.4 Å². The molecule has 74 valence electrons. The number of benzene rings is 2. The molecule has 0 aliphatic carbocycles. The van der Waals surface area contributed by atoms with E-state index in [1.54, 1.807) is 18.2 Å². The highest BCUT2D eigenvalue weighted by molar-refractivity contribution is 5.62. The molecule has 15 heavy (non-hydrogen) atoms. The molecule has 0 radical (unpaired) electrons. The lowest BCUT2D eigenvalue weighted by Crippen LogP contribution is -1.88. The second-order valence-corrected chi connectivity index (χ2v) is 3.13. The Hall–Kier alpha value is -2.16. The first-order chi connectivity index (χ1) is 7.38. The number of nitrogens with zero attached hydrogens (tertiary/aromatic N) is 1. The van der Waals surface area contributed by atoms with Gasteiger partial charge in [0, 0.05) is 11.4 Å². The van der Waals surface area contributed by atoms with Crippen LogP contribution in [0.3, 0.4) is 0 Å². The molecule has 0 atom stereocenters. The molecule has 1 N–H and O–H groups in total. The molecule has 2 aromatic rings. The second-order valence-electron chi connectivity index (χ2n) is 3.13. The van der Waals surface area contributed by atoms with Crippen LogP contribution in [0.5, 0.6) is 0 Å². The molecule has 0 amide bonds. The first kappa shape index (κ1) is 9.40. The van der Waals surface area contributed by atoms with Gasteiger partial charge in [-0.2, -0.15) is 0 Å². The van der Waals surface area contributed by atoms with Gasteiger partial charge in [0.1, 0.15) is 5.69 Å². The Kier molecular flexibility index (Phi) is 2.74. The highest BCUT2D eigenvalue weighted by Crippen LogP contribution is 2.21. The lowest BCUT2D eigenvalue weighted by atomic mass is 10.2. The monoisotopic (exact) mass is 198 g/mol. The summed E-state index contributed by atoms with van der Waals surface area (Å²) in [6, 6.07) is 16.8. The van der Waals surface area contributed by atoms with Crippen molar-refractivity contribution in [3.63, 3.8) is 0 Å². The fraction of sp³-hybridized carbons (Fsp3) is 0. The highest BCUT2D eigenvalue weighted by atomic mass is 16.3. The standard InChI is InChI=1S/C12H10N2O/c15-14-12-8-4-7-11(9-12)13-10-5-2-1-3-6-10/h1-9,13H. The average molecular weight is 198 g/mol. The number of hydrogen-bond donors (Lipinski definition) is 1. The fourth-order valence-corrected chi connectivity index (χ4v) is 1.33. The van der Waals surface area contributed by atoms with Crippen LogP contribution < -0.4 is 5.32 Å². The molecule has 2 rings (SSSR count). The SMILES string of the molecule is O=Nc1cccc(Nc2ccccc2)c1. The summed E-state index contributed by atoms with van der Waals surface area (Å²) in [5, 5.41) is 6.06. The van der Waals surface area contributed by atoms with Gasteiger partial charge in [-0.25, -0.2) is 0 Å². The smallest absolute Gasteiger partial charge is 0.110 e. The normalized spacial score (nSPS) is 9.60. The molecule has 0 fully saturated rings. The number of para-hydroxylation sites is 1. The lowest BCUT2D eigenvalue weighted by Gasteiger charge is -2.05. The summed E-state index contributed by atoms with van der Waals surface area (Å²) >= 11 is 0. The molecule has 0 saturated carbocycles. The van der Waals surface area contributed by atoms with E-state index >= 15 is 0 Å². The summed E-state index contributed by atoms with van der Waals surface area (Å²) in [5.74, 6) is 0. The Balaban J connectivity index is 2.21. The van der Waals surface area contributed by atoms with Crippen LogP contribution in [0.4, 0.5) is 17.1 Å². The lowest BCUT2D eigenvalue weighted by molar-refractivity contribution is 1.47. The minimum atomic E-state index is 0.427. The summed E-state index contributed by atoms with van der Waals surface area (Å²) in [7, 11) is 0. The van der Waals surface area contributed by atoms with Gasteiger partial charge in [-0.15, -0.1) is 4.91 Å². The summed E-state index contributed by atoms with van der Waals surface area (Å²) in [6.07, 6.45) is 0. The zero-order chi connectivity index (χ0) is 10.5. The molecule has 0 unspecified atom stereocenters. The zero-order valence-corrected chi connectivity index (χ0v) is 8.05. The molecule has 0 aliphatic rings. The van der Waals surface area contributed by atoms with Crippen molar-refractivity contribution in [3.05, 3.63) is 59.5 Å². The van der Waals surface area contributed by atoms with Crippen LogP contribution in [0.1, 0.15) is 0 Å². The van der Waals surface area contributed by atoms with Crippen LogP contribution in [-0.2, 0) is 0 Å². The first-order valence-electron chi connectivity index (χ1n) is 4.64.